The van der Waals surface area contributed by atoms with Crippen LogP contribution in [0, 0.1) is 0 Å². The van der Waals surface area contributed by atoms with Crippen molar-refractivity contribution in [2.75, 3.05) is 6.61 Å². The molecule has 0 bridgehead atoms. The van der Waals surface area contributed by atoms with Crippen molar-refractivity contribution >= 4 is 21.9 Å². The molecule has 1 saturated carbocycles. The van der Waals surface area contributed by atoms with E-state index in [4.69, 9.17) is 4.74 Å². The highest BCUT2D eigenvalue weighted by Gasteiger charge is 2.46. The number of esters is 1. The van der Waals surface area contributed by atoms with Gasteiger partial charge in [-0.15, -0.1) is 0 Å². The van der Waals surface area contributed by atoms with E-state index in [1.807, 2.05) is 19.1 Å². The van der Waals surface area contributed by atoms with Crippen LogP contribution in [0.5, 0.6) is 0 Å². The summed E-state index contributed by atoms with van der Waals surface area (Å²) in [5, 5.41) is 0. The molecule has 0 saturated heterocycles. The minimum atomic E-state index is -0.0834. The molecule has 1 aliphatic rings. The Morgan fingerprint density at radius 3 is 2.81 bits per heavy atom. The van der Waals surface area contributed by atoms with Gasteiger partial charge in [-0.25, -0.2) is 0 Å². The van der Waals surface area contributed by atoms with Gasteiger partial charge in [-0.2, -0.15) is 0 Å². The molecular formula is C13H15BrO2. The van der Waals surface area contributed by atoms with Crippen molar-refractivity contribution in [3.05, 3.63) is 34.3 Å². The van der Waals surface area contributed by atoms with Crippen molar-refractivity contribution in [1.29, 1.82) is 0 Å². The average Bonchev–Trinajstić information content (AvgIpc) is 2.99. The van der Waals surface area contributed by atoms with Crippen molar-refractivity contribution in [1.82, 2.24) is 0 Å². The molecule has 1 fully saturated rings. The highest BCUT2D eigenvalue weighted by Crippen LogP contribution is 2.51. The SMILES string of the molecule is CCOC(=O)CC1(c2cccc(Br)c2)CC1. The van der Waals surface area contributed by atoms with Crippen molar-refractivity contribution < 1.29 is 9.53 Å². The summed E-state index contributed by atoms with van der Waals surface area (Å²) in [5.41, 5.74) is 1.30. The molecule has 0 unspecified atom stereocenters. The largest absolute Gasteiger partial charge is 0.466 e. The van der Waals surface area contributed by atoms with E-state index in [1.54, 1.807) is 0 Å². The first kappa shape index (κ1) is 11.6. The van der Waals surface area contributed by atoms with Gasteiger partial charge in [0.15, 0.2) is 0 Å². The van der Waals surface area contributed by atoms with Crippen LogP contribution in [-0.4, -0.2) is 12.6 Å². The predicted octanol–water partition coefficient (Wildman–Crippen LogP) is 3.43. The molecule has 0 heterocycles. The average molecular weight is 283 g/mol. The molecule has 0 spiro atoms. The van der Waals surface area contributed by atoms with Crippen LogP contribution in [0.4, 0.5) is 0 Å². The second-order valence-electron chi connectivity index (χ2n) is 4.27. The summed E-state index contributed by atoms with van der Waals surface area (Å²) in [7, 11) is 0. The van der Waals surface area contributed by atoms with Crippen LogP contribution in [0.15, 0.2) is 28.7 Å². The topological polar surface area (TPSA) is 26.3 Å². The number of carbonyl (C=O) groups excluding carboxylic acids is 1. The molecule has 3 heteroatoms. The molecule has 2 nitrogen and oxygen atoms in total. The fourth-order valence-electron chi connectivity index (χ4n) is 2.03. The Labute approximate surface area is 104 Å². The van der Waals surface area contributed by atoms with E-state index in [0.29, 0.717) is 13.0 Å². The molecule has 1 aliphatic carbocycles. The molecule has 1 aromatic rings. The smallest absolute Gasteiger partial charge is 0.306 e. The van der Waals surface area contributed by atoms with Crippen LogP contribution in [-0.2, 0) is 14.9 Å². The summed E-state index contributed by atoms with van der Waals surface area (Å²) in [4.78, 5) is 11.5. The maximum absolute atomic E-state index is 11.5. The molecule has 0 radical (unpaired) electrons. The number of carbonyl (C=O) groups is 1. The van der Waals surface area contributed by atoms with Gasteiger partial charge in [0.2, 0.25) is 0 Å². The molecule has 0 atom stereocenters. The van der Waals surface area contributed by atoms with Crippen LogP contribution in [0.2, 0.25) is 0 Å². The maximum Gasteiger partial charge on any atom is 0.306 e. The monoisotopic (exact) mass is 282 g/mol. The molecule has 2 rings (SSSR count). The Bertz CT molecular complexity index is 397. The highest BCUT2D eigenvalue weighted by atomic mass is 79.9. The van der Waals surface area contributed by atoms with Crippen LogP contribution < -0.4 is 0 Å². The lowest BCUT2D eigenvalue weighted by Gasteiger charge is -2.14. The predicted molar refractivity (Wildman–Crippen MR) is 66.3 cm³/mol. The minimum absolute atomic E-state index is 0.0516. The van der Waals surface area contributed by atoms with Gasteiger partial charge in [0.25, 0.3) is 0 Å². The Hall–Kier alpha value is -0.830. The van der Waals surface area contributed by atoms with E-state index in [0.717, 1.165) is 17.3 Å². The third-order valence-electron chi connectivity index (χ3n) is 3.08. The first-order valence-corrected chi connectivity index (χ1v) is 6.37. The summed E-state index contributed by atoms with van der Waals surface area (Å²) in [6, 6.07) is 8.22. The van der Waals surface area contributed by atoms with Crippen molar-refractivity contribution in [2.24, 2.45) is 0 Å². The molecule has 0 aromatic heterocycles. The molecule has 1 aromatic carbocycles. The normalized spacial score (nSPS) is 16.9. The lowest BCUT2D eigenvalue weighted by molar-refractivity contribution is -0.143. The van der Waals surface area contributed by atoms with E-state index in [-0.39, 0.29) is 11.4 Å². The summed E-state index contributed by atoms with van der Waals surface area (Å²) in [5.74, 6) is -0.0834. The number of hydrogen-bond donors (Lipinski definition) is 0. The molecule has 86 valence electrons. The summed E-state index contributed by atoms with van der Waals surface area (Å²) in [6.07, 6.45) is 2.68. The Balaban J connectivity index is 2.11. The molecule has 0 N–H and O–H groups in total. The third-order valence-corrected chi connectivity index (χ3v) is 3.57. The van der Waals surface area contributed by atoms with E-state index in [9.17, 15) is 4.79 Å². The van der Waals surface area contributed by atoms with Crippen LogP contribution in [0.1, 0.15) is 31.7 Å². The van der Waals surface area contributed by atoms with Gasteiger partial charge < -0.3 is 4.74 Å². The zero-order chi connectivity index (χ0) is 11.6. The number of ether oxygens (including phenoxy) is 1. The van der Waals surface area contributed by atoms with Gasteiger partial charge in [-0.1, -0.05) is 28.1 Å². The zero-order valence-corrected chi connectivity index (χ0v) is 10.9. The molecule has 0 aliphatic heterocycles. The molecule has 0 amide bonds. The summed E-state index contributed by atoms with van der Waals surface area (Å²) >= 11 is 3.46. The van der Waals surface area contributed by atoms with Crippen molar-refractivity contribution in [2.45, 2.75) is 31.6 Å². The van der Waals surface area contributed by atoms with E-state index in [2.05, 4.69) is 28.1 Å². The third kappa shape index (κ3) is 2.46. The van der Waals surface area contributed by atoms with E-state index in [1.165, 1.54) is 5.56 Å². The Kier molecular flexibility index (Phi) is 3.33. The Morgan fingerprint density at radius 1 is 1.50 bits per heavy atom. The molecule has 16 heavy (non-hydrogen) atoms. The molecular weight excluding hydrogens is 268 g/mol. The second kappa shape index (κ2) is 4.58. The lowest BCUT2D eigenvalue weighted by atomic mass is 9.92. The van der Waals surface area contributed by atoms with Gasteiger partial charge >= 0.3 is 5.97 Å². The number of rotatable bonds is 4. The van der Waals surface area contributed by atoms with Crippen LogP contribution in [0.25, 0.3) is 0 Å². The Morgan fingerprint density at radius 2 is 2.25 bits per heavy atom. The highest BCUT2D eigenvalue weighted by molar-refractivity contribution is 9.10. The lowest BCUT2D eigenvalue weighted by Crippen LogP contribution is -2.15. The van der Waals surface area contributed by atoms with Crippen LogP contribution in [0.3, 0.4) is 0 Å². The fraction of sp³-hybridized carbons (Fsp3) is 0.462. The quantitative estimate of drug-likeness (QED) is 0.791. The van der Waals surface area contributed by atoms with Crippen molar-refractivity contribution in [3.63, 3.8) is 0 Å². The first-order chi connectivity index (χ1) is 7.66. The fourth-order valence-corrected chi connectivity index (χ4v) is 2.42. The van der Waals surface area contributed by atoms with E-state index < -0.39 is 0 Å². The van der Waals surface area contributed by atoms with Gasteiger partial charge in [-0.05, 0) is 37.5 Å². The van der Waals surface area contributed by atoms with Gasteiger partial charge in [0, 0.05) is 9.89 Å². The zero-order valence-electron chi connectivity index (χ0n) is 9.33. The van der Waals surface area contributed by atoms with Gasteiger partial charge in [0.05, 0.1) is 13.0 Å². The minimum Gasteiger partial charge on any atom is -0.466 e. The van der Waals surface area contributed by atoms with E-state index >= 15 is 0 Å². The van der Waals surface area contributed by atoms with Gasteiger partial charge in [0.1, 0.15) is 0 Å². The standard InChI is InChI=1S/C13H15BrO2/c1-2-16-12(15)9-13(6-7-13)10-4-3-5-11(14)8-10/h3-5,8H,2,6-7,9H2,1H3. The first-order valence-electron chi connectivity index (χ1n) is 5.58. The number of halogens is 1. The maximum atomic E-state index is 11.5. The van der Waals surface area contributed by atoms with Gasteiger partial charge in [-0.3, -0.25) is 4.79 Å². The number of hydrogen-bond acceptors (Lipinski definition) is 2. The second-order valence-corrected chi connectivity index (χ2v) is 5.19. The summed E-state index contributed by atoms with van der Waals surface area (Å²) in [6.45, 7) is 2.31. The van der Waals surface area contributed by atoms with Crippen LogP contribution >= 0.6 is 15.9 Å². The number of benzene rings is 1. The summed E-state index contributed by atoms with van der Waals surface area (Å²) < 4.78 is 6.09. The van der Waals surface area contributed by atoms with Crippen molar-refractivity contribution in [3.8, 4) is 0 Å².